The van der Waals surface area contributed by atoms with E-state index in [1.807, 2.05) is 17.8 Å². The molecule has 0 saturated carbocycles. The molecule has 1 N–H and O–H groups in total. The molecule has 0 bridgehead atoms. The molecule has 0 aliphatic heterocycles. The van der Waals surface area contributed by atoms with Gasteiger partial charge in [0, 0.05) is 0 Å². The Morgan fingerprint density at radius 1 is 1.33 bits per heavy atom. The number of aromatic nitrogens is 1. The van der Waals surface area contributed by atoms with E-state index >= 15 is 0 Å². The van der Waals surface area contributed by atoms with Gasteiger partial charge in [0.1, 0.15) is 5.01 Å². The highest BCUT2D eigenvalue weighted by atomic mass is 32.2. The Bertz CT molecular complexity index is 448. The molecule has 1 heterocycles. The summed E-state index contributed by atoms with van der Waals surface area (Å²) >= 11 is 3.72. The van der Waals surface area contributed by atoms with Crippen LogP contribution in [0, 0.1) is 0 Å². The molecule has 4 heteroatoms. The topological polar surface area (TPSA) is 24.9 Å². The van der Waals surface area contributed by atoms with Gasteiger partial charge >= 0.3 is 0 Å². The highest BCUT2D eigenvalue weighted by Crippen LogP contribution is 2.25. The van der Waals surface area contributed by atoms with Crippen LogP contribution in [0.5, 0.6) is 0 Å². The van der Waals surface area contributed by atoms with Crippen LogP contribution in [0.15, 0.2) is 24.3 Å². The van der Waals surface area contributed by atoms with Gasteiger partial charge in [0.2, 0.25) is 0 Å². The number of hydrogen-bond acceptors (Lipinski definition) is 4. The summed E-state index contributed by atoms with van der Waals surface area (Å²) in [6.07, 6.45) is 4.70. The molecule has 2 aromatic rings. The maximum absolute atomic E-state index is 4.68. The Balaban J connectivity index is 1.86. The summed E-state index contributed by atoms with van der Waals surface area (Å²) in [5.41, 5.74) is 1.12. The molecule has 0 fully saturated rings. The second kappa shape index (κ2) is 7.12. The van der Waals surface area contributed by atoms with Crippen LogP contribution in [-0.2, 0) is 0 Å². The smallest absolute Gasteiger partial charge is 0.111 e. The molecular weight excluding hydrogens is 260 g/mol. The molecule has 2 nitrogen and oxygen atoms in total. The lowest BCUT2D eigenvalue weighted by molar-refractivity contribution is 0.554. The monoisotopic (exact) mass is 280 g/mol. The van der Waals surface area contributed by atoms with E-state index in [1.54, 1.807) is 11.3 Å². The zero-order chi connectivity index (χ0) is 12.8. The highest BCUT2D eigenvalue weighted by molar-refractivity contribution is 7.98. The molecule has 1 atom stereocenters. The van der Waals surface area contributed by atoms with Crippen LogP contribution in [0.4, 0.5) is 0 Å². The number of fused-ring (bicyclic) bond motifs is 1. The maximum Gasteiger partial charge on any atom is 0.111 e. The van der Waals surface area contributed by atoms with Crippen LogP contribution < -0.4 is 5.32 Å². The third-order valence-corrected chi connectivity index (χ3v) is 4.82. The molecule has 98 valence electrons. The van der Waals surface area contributed by atoms with Crippen molar-refractivity contribution in [1.82, 2.24) is 10.3 Å². The molecule has 1 unspecified atom stereocenters. The number of nitrogens with zero attached hydrogens (tertiary/aromatic N) is 1. The van der Waals surface area contributed by atoms with Crippen molar-refractivity contribution in [2.24, 2.45) is 0 Å². The minimum atomic E-state index is 0.358. The minimum absolute atomic E-state index is 0.358. The summed E-state index contributed by atoms with van der Waals surface area (Å²) in [5, 5.41) is 4.75. The van der Waals surface area contributed by atoms with Crippen molar-refractivity contribution in [3.63, 3.8) is 0 Å². The zero-order valence-electron chi connectivity index (χ0n) is 11.0. The minimum Gasteiger partial charge on any atom is -0.308 e. The van der Waals surface area contributed by atoms with Gasteiger partial charge in [-0.3, -0.25) is 0 Å². The van der Waals surface area contributed by atoms with Crippen molar-refractivity contribution in [1.29, 1.82) is 0 Å². The molecular formula is C14H20N2S2. The lowest BCUT2D eigenvalue weighted by Crippen LogP contribution is -2.19. The number of para-hydroxylation sites is 1. The lowest BCUT2D eigenvalue weighted by atomic mass is 10.3. The van der Waals surface area contributed by atoms with Gasteiger partial charge in [0.15, 0.2) is 0 Å². The number of thiazole rings is 1. The molecule has 0 aliphatic carbocycles. The van der Waals surface area contributed by atoms with Gasteiger partial charge in [0.05, 0.1) is 16.3 Å². The van der Waals surface area contributed by atoms with Gasteiger partial charge in [-0.2, -0.15) is 11.8 Å². The third-order valence-electron chi connectivity index (χ3n) is 2.91. The Hall–Kier alpha value is -0.580. The molecule has 0 spiro atoms. The van der Waals surface area contributed by atoms with E-state index in [4.69, 9.17) is 0 Å². The van der Waals surface area contributed by atoms with E-state index in [0.29, 0.717) is 6.04 Å². The summed E-state index contributed by atoms with van der Waals surface area (Å²) in [6.45, 7) is 3.28. The molecule has 18 heavy (non-hydrogen) atoms. The SMILES string of the molecule is CSCCCCNC(C)c1nc2ccccc2s1. The quantitative estimate of drug-likeness (QED) is 0.773. The summed E-state index contributed by atoms with van der Waals surface area (Å²) in [6, 6.07) is 8.70. The van der Waals surface area contributed by atoms with Gasteiger partial charge in [0.25, 0.3) is 0 Å². The largest absolute Gasteiger partial charge is 0.308 e. The van der Waals surface area contributed by atoms with Gasteiger partial charge in [-0.1, -0.05) is 12.1 Å². The fourth-order valence-corrected chi connectivity index (χ4v) is 3.34. The molecule has 0 amide bonds. The maximum atomic E-state index is 4.68. The summed E-state index contributed by atoms with van der Waals surface area (Å²) in [5.74, 6) is 1.26. The molecule has 0 saturated heterocycles. The number of hydrogen-bond donors (Lipinski definition) is 1. The van der Waals surface area contributed by atoms with Crippen molar-refractivity contribution < 1.29 is 0 Å². The van der Waals surface area contributed by atoms with Crippen molar-refractivity contribution in [2.45, 2.75) is 25.8 Å². The van der Waals surface area contributed by atoms with Crippen molar-refractivity contribution >= 4 is 33.3 Å². The fourth-order valence-electron chi connectivity index (χ4n) is 1.85. The van der Waals surface area contributed by atoms with Crippen LogP contribution >= 0.6 is 23.1 Å². The van der Waals surface area contributed by atoms with E-state index in [1.165, 1.54) is 28.3 Å². The average molecular weight is 280 g/mol. The van der Waals surface area contributed by atoms with Crippen LogP contribution in [0.1, 0.15) is 30.8 Å². The summed E-state index contributed by atoms with van der Waals surface area (Å²) in [4.78, 5) is 4.68. The second-order valence-corrected chi connectivity index (χ2v) is 6.44. The van der Waals surface area contributed by atoms with Crippen molar-refractivity contribution in [2.75, 3.05) is 18.6 Å². The number of thioether (sulfide) groups is 1. The van der Waals surface area contributed by atoms with E-state index in [0.717, 1.165) is 12.1 Å². The van der Waals surface area contributed by atoms with Crippen molar-refractivity contribution in [3.8, 4) is 0 Å². The predicted octanol–water partition coefficient (Wildman–Crippen LogP) is 4.09. The van der Waals surface area contributed by atoms with E-state index in [-0.39, 0.29) is 0 Å². The number of benzene rings is 1. The number of unbranched alkanes of at least 4 members (excludes halogenated alkanes) is 1. The Morgan fingerprint density at radius 2 is 2.17 bits per heavy atom. The molecule has 0 aliphatic rings. The van der Waals surface area contributed by atoms with E-state index in [2.05, 4.69) is 41.7 Å². The van der Waals surface area contributed by atoms with Gasteiger partial charge in [-0.15, -0.1) is 11.3 Å². The Labute approximate surface area is 117 Å². The van der Waals surface area contributed by atoms with Crippen LogP contribution in [0.2, 0.25) is 0 Å². The molecule has 1 aromatic heterocycles. The lowest BCUT2D eigenvalue weighted by Gasteiger charge is -2.10. The van der Waals surface area contributed by atoms with Crippen LogP contribution in [0.25, 0.3) is 10.2 Å². The predicted molar refractivity (Wildman–Crippen MR) is 83.7 cm³/mol. The number of rotatable bonds is 7. The Morgan fingerprint density at radius 3 is 2.94 bits per heavy atom. The fraction of sp³-hybridized carbons (Fsp3) is 0.500. The van der Waals surface area contributed by atoms with E-state index in [9.17, 15) is 0 Å². The molecule has 0 radical (unpaired) electrons. The van der Waals surface area contributed by atoms with Crippen molar-refractivity contribution in [3.05, 3.63) is 29.3 Å². The van der Waals surface area contributed by atoms with Gasteiger partial charge < -0.3 is 5.32 Å². The zero-order valence-corrected chi connectivity index (χ0v) is 12.6. The number of nitrogens with one attached hydrogen (secondary N) is 1. The Kier molecular flexibility index (Phi) is 5.47. The average Bonchev–Trinajstić information content (AvgIpc) is 2.82. The highest BCUT2D eigenvalue weighted by Gasteiger charge is 2.10. The second-order valence-electron chi connectivity index (χ2n) is 4.40. The van der Waals surface area contributed by atoms with Crippen LogP contribution in [0.3, 0.4) is 0 Å². The summed E-state index contributed by atoms with van der Waals surface area (Å²) < 4.78 is 1.28. The third kappa shape index (κ3) is 3.70. The first-order chi connectivity index (χ1) is 8.81. The van der Waals surface area contributed by atoms with Gasteiger partial charge in [-0.05, 0) is 50.5 Å². The molecule has 1 aromatic carbocycles. The summed E-state index contributed by atoms with van der Waals surface area (Å²) in [7, 11) is 0. The first-order valence-corrected chi connectivity index (χ1v) is 8.60. The van der Waals surface area contributed by atoms with Gasteiger partial charge in [-0.25, -0.2) is 4.98 Å². The van der Waals surface area contributed by atoms with E-state index < -0.39 is 0 Å². The normalized spacial score (nSPS) is 13.0. The van der Waals surface area contributed by atoms with Crippen LogP contribution in [-0.4, -0.2) is 23.5 Å². The first kappa shape index (κ1) is 13.8. The molecule has 2 rings (SSSR count). The standard InChI is InChI=1S/C14H20N2S2/c1-11(15-9-5-6-10-17-2)14-16-12-7-3-4-8-13(12)18-14/h3-4,7-8,11,15H,5-6,9-10H2,1-2H3. The first-order valence-electron chi connectivity index (χ1n) is 6.39.